The molecule has 0 atom stereocenters. The molecule has 1 amide bonds. The summed E-state index contributed by atoms with van der Waals surface area (Å²) in [6, 6.07) is 14.2. The minimum atomic E-state index is -3.40. The SMILES string of the molecule is CN1CCN(c2cccc(Nc3ncc4cccc(-c5cnn(C6(CC(N)=O)CN(NS(=O)(=O)C7CC7)C6)c5)c4n3)c2)CC1. The molecule has 7 rings (SSSR count). The Morgan fingerprint density at radius 2 is 1.84 bits per heavy atom. The van der Waals surface area contributed by atoms with Crippen LogP contribution >= 0.6 is 0 Å². The van der Waals surface area contributed by atoms with Crippen LogP contribution in [0.1, 0.15) is 19.3 Å². The van der Waals surface area contributed by atoms with Crippen LogP contribution in [0.4, 0.5) is 17.3 Å². The van der Waals surface area contributed by atoms with E-state index in [9.17, 15) is 13.2 Å². The second kappa shape index (κ2) is 11.1. The fourth-order valence-corrected chi connectivity index (χ4v) is 7.46. The number of carbonyl (C=O) groups excluding carboxylic acids is 1. The number of primary amides is 1. The van der Waals surface area contributed by atoms with Crippen molar-refractivity contribution < 1.29 is 13.2 Å². The summed E-state index contributed by atoms with van der Waals surface area (Å²) in [6.45, 7) is 4.60. The second-order valence-electron chi connectivity index (χ2n) is 12.1. The number of aromatic nitrogens is 4. The van der Waals surface area contributed by atoms with Crippen molar-refractivity contribution >= 4 is 44.2 Å². The minimum Gasteiger partial charge on any atom is -0.370 e. The van der Waals surface area contributed by atoms with E-state index in [1.54, 1.807) is 22.1 Å². The smallest absolute Gasteiger partial charge is 0.227 e. The summed E-state index contributed by atoms with van der Waals surface area (Å²) in [5.74, 6) is 0.00714. The predicted octanol–water partition coefficient (Wildman–Crippen LogP) is 1.87. The highest BCUT2D eigenvalue weighted by Gasteiger charge is 2.49. The number of anilines is 3. The van der Waals surface area contributed by atoms with Gasteiger partial charge in [-0.05, 0) is 38.1 Å². The van der Waals surface area contributed by atoms with Crippen molar-refractivity contribution in [3.8, 4) is 11.1 Å². The van der Waals surface area contributed by atoms with Gasteiger partial charge in [-0.15, -0.1) is 4.83 Å². The molecule has 0 bridgehead atoms. The fraction of sp³-hybridized carbons (Fsp3) is 0.400. The highest BCUT2D eigenvalue weighted by molar-refractivity contribution is 7.90. The van der Waals surface area contributed by atoms with Crippen molar-refractivity contribution in [3.05, 3.63) is 61.1 Å². The van der Waals surface area contributed by atoms with E-state index in [0.29, 0.717) is 18.8 Å². The van der Waals surface area contributed by atoms with E-state index in [1.165, 1.54) is 0 Å². The van der Waals surface area contributed by atoms with Gasteiger partial charge in [0.2, 0.25) is 21.9 Å². The van der Waals surface area contributed by atoms with Crippen LogP contribution < -0.4 is 20.8 Å². The van der Waals surface area contributed by atoms with Crippen LogP contribution in [0.15, 0.2) is 61.1 Å². The third-order valence-corrected chi connectivity index (χ3v) is 10.5. The van der Waals surface area contributed by atoms with E-state index < -0.39 is 21.5 Å². The van der Waals surface area contributed by atoms with Crippen molar-refractivity contribution in [3.63, 3.8) is 0 Å². The van der Waals surface area contributed by atoms with E-state index in [2.05, 4.69) is 49.2 Å². The van der Waals surface area contributed by atoms with Crippen LogP contribution in [0.25, 0.3) is 22.0 Å². The molecule has 230 valence electrons. The highest BCUT2D eigenvalue weighted by atomic mass is 32.2. The zero-order valence-corrected chi connectivity index (χ0v) is 25.4. The van der Waals surface area contributed by atoms with Gasteiger partial charge in [0.25, 0.3) is 0 Å². The summed E-state index contributed by atoms with van der Waals surface area (Å²) in [5, 5.41) is 10.1. The van der Waals surface area contributed by atoms with E-state index in [-0.39, 0.29) is 24.8 Å². The lowest BCUT2D eigenvalue weighted by atomic mass is 9.87. The Balaban J connectivity index is 1.13. The van der Waals surface area contributed by atoms with Gasteiger partial charge in [0.05, 0.1) is 28.9 Å². The summed E-state index contributed by atoms with van der Waals surface area (Å²) in [5.41, 5.74) is 9.38. The highest BCUT2D eigenvalue weighted by Crippen LogP contribution is 2.36. The average molecular weight is 617 g/mol. The van der Waals surface area contributed by atoms with Gasteiger partial charge in [0.1, 0.15) is 0 Å². The number of hydrazine groups is 1. The predicted molar refractivity (Wildman–Crippen MR) is 169 cm³/mol. The number of likely N-dealkylation sites (N-methyl/N-ethyl adjacent to an activating group) is 1. The molecule has 3 aliphatic rings. The van der Waals surface area contributed by atoms with Crippen LogP contribution in [0.3, 0.4) is 0 Å². The number of hydrogen-bond acceptors (Lipinski definition) is 10. The lowest BCUT2D eigenvalue weighted by molar-refractivity contribution is -0.124. The second-order valence-corrected chi connectivity index (χ2v) is 14.1. The maximum Gasteiger partial charge on any atom is 0.227 e. The average Bonchev–Trinajstić information content (AvgIpc) is 3.74. The van der Waals surface area contributed by atoms with Crippen molar-refractivity contribution in [2.45, 2.75) is 30.1 Å². The molecule has 0 spiro atoms. The lowest BCUT2D eigenvalue weighted by Crippen LogP contribution is -2.68. The number of para-hydroxylation sites is 1. The zero-order chi connectivity index (χ0) is 30.5. The summed E-state index contributed by atoms with van der Waals surface area (Å²) in [4.78, 5) is 28.9. The summed E-state index contributed by atoms with van der Waals surface area (Å²) in [6.07, 6.45) is 6.80. The summed E-state index contributed by atoms with van der Waals surface area (Å²) < 4.78 is 26.6. The Hall–Kier alpha value is -4.11. The number of carbonyl (C=O) groups is 1. The molecule has 13 nitrogen and oxygen atoms in total. The molecule has 4 N–H and O–H groups in total. The standard InChI is InChI=1S/C30H36N10O3S/c1-37-10-12-38(13-11-37)24-6-3-5-23(14-24)34-29-32-16-21-4-2-7-26(28(21)35-29)22-17-33-40(18-22)30(15-27(31)41)19-39(20-30)36-44(42,43)25-8-9-25/h2-7,14,16-18,25,36H,8-13,15,19-20H2,1H3,(H2,31,41)(H,32,34,35). The molecule has 1 saturated carbocycles. The molecule has 44 heavy (non-hydrogen) atoms. The molecular formula is C30H36N10O3S. The zero-order valence-electron chi connectivity index (χ0n) is 24.6. The molecule has 2 saturated heterocycles. The quantitative estimate of drug-likeness (QED) is 0.241. The molecular weight excluding hydrogens is 580 g/mol. The number of amides is 1. The maximum absolute atomic E-state index is 12.4. The number of sulfonamides is 1. The molecule has 2 aromatic carbocycles. The van der Waals surface area contributed by atoms with E-state index in [4.69, 9.17) is 10.7 Å². The number of hydrogen-bond donors (Lipinski definition) is 3. The van der Waals surface area contributed by atoms with Gasteiger partial charge in [-0.2, -0.15) is 5.10 Å². The third-order valence-electron chi connectivity index (χ3n) is 8.65. The lowest BCUT2D eigenvalue weighted by Gasteiger charge is -2.49. The minimum absolute atomic E-state index is 0.0365. The van der Waals surface area contributed by atoms with Gasteiger partial charge in [-0.3, -0.25) is 9.48 Å². The third kappa shape index (κ3) is 5.73. The van der Waals surface area contributed by atoms with Crippen molar-refractivity contribution in [1.82, 2.24) is 34.5 Å². The summed E-state index contributed by atoms with van der Waals surface area (Å²) in [7, 11) is -1.25. The number of rotatable bonds is 10. The first kappa shape index (κ1) is 28.6. The molecule has 2 aromatic heterocycles. The largest absolute Gasteiger partial charge is 0.370 e. The van der Waals surface area contributed by atoms with Crippen LogP contribution in [-0.4, -0.2) is 95.5 Å². The first-order valence-electron chi connectivity index (χ1n) is 14.8. The van der Waals surface area contributed by atoms with Crippen molar-refractivity contribution in [2.24, 2.45) is 5.73 Å². The summed E-state index contributed by atoms with van der Waals surface area (Å²) >= 11 is 0. The number of benzene rings is 2. The van der Waals surface area contributed by atoms with Crippen LogP contribution in [0.5, 0.6) is 0 Å². The molecule has 0 unspecified atom stereocenters. The van der Waals surface area contributed by atoms with E-state index >= 15 is 0 Å². The van der Waals surface area contributed by atoms with Crippen LogP contribution in [0.2, 0.25) is 0 Å². The number of nitrogens with zero attached hydrogens (tertiary/aromatic N) is 7. The maximum atomic E-state index is 12.4. The van der Waals surface area contributed by atoms with Crippen LogP contribution in [-0.2, 0) is 20.4 Å². The normalized spacial score (nSPS) is 19.2. The van der Waals surface area contributed by atoms with Gasteiger partial charge in [0, 0.05) is 79.6 Å². The molecule has 0 radical (unpaired) electrons. The van der Waals surface area contributed by atoms with E-state index in [1.807, 2.05) is 36.5 Å². The molecule has 4 heterocycles. The van der Waals surface area contributed by atoms with Gasteiger partial charge in [0.15, 0.2) is 0 Å². The van der Waals surface area contributed by atoms with Gasteiger partial charge in [-0.25, -0.2) is 23.4 Å². The number of nitrogens with one attached hydrogen (secondary N) is 2. The molecule has 1 aliphatic carbocycles. The molecule has 3 fully saturated rings. The van der Waals surface area contributed by atoms with Crippen molar-refractivity contribution in [2.75, 3.05) is 56.5 Å². The van der Waals surface area contributed by atoms with Crippen molar-refractivity contribution in [1.29, 1.82) is 0 Å². The molecule has 14 heteroatoms. The Morgan fingerprint density at radius 3 is 2.59 bits per heavy atom. The molecule has 2 aliphatic heterocycles. The first-order valence-corrected chi connectivity index (χ1v) is 16.4. The Bertz CT molecular complexity index is 1810. The Labute approximate surface area is 256 Å². The van der Waals surface area contributed by atoms with Gasteiger partial charge < -0.3 is 20.9 Å². The Kier molecular flexibility index (Phi) is 7.23. The molecule has 4 aromatic rings. The number of fused-ring (bicyclic) bond motifs is 1. The van der Waals surface area contributed by atoms with E-state index in [0.717, 1.165) is 59.6 Å². The Morgan fingerprint density at radius 1 is 1.07 bits per heavy atom. The number of nitrogens with two attached hydrogens (primary N) is 1. The van der Waals surface area contributed by atoms with Crippen LogP contribution in [0, 0.1) is 0 Å². The first-order chi connectivity index (χ1) is 21.2. The monoisotopic (exact) mass is 616 g/mol. The van der Waals surface area contributed by atoms with Gasteiger partial charge in [-0.1, -0.05) is 24.3 Å². The topological polar surface area (TPSA) is 155 Å². The number of piperazine rings is 1. The fourth-order valence-electron chi connectivity index (χ4n) is 6.07. The van der Waals surface area contributed by atoms with Gasteiger partial charge >= 0.3 is 0 Å².